The van der Waals surface area contributed by atoms with Crippen LogP contribution in [0.2, 0.25) is 0 Å². The smallest absolute Gasteiger partial charge is 0.256 e. The fourth-order valence-corrected chi connectivity index (χ4v) is 3.35. The fraction of sp³-hybridized carbons (Fsp3) is 0.174. The van der Waals surface area contributed by atoms with E-state index < -0.39 is 5.82 Å². The van der Waals surface area contributed by atoms with Crippen LogP contribution in [-0.2, 0) is 4.79 Å². The number of nitrogens with zero attached hydrogens (tertiary/aromatic N) is 4. The Hall–Kier alpha value is -3.74. The molecule has 152 valence electrons. The van der Waals surface area contributed by atoms with Crippen LogP contribution < -0.4 is 0 Å². The zero-order valence-electron chi connectivity index (χ0n) is 16.3. The van der Waals surface area contributed by atoms with Crippen molar-refractivity contribution in [3.05, 3.63) is 90.0 Å². The number of halogens is 1. The van der Waals surface area contributed by atoms with Crippen molar-refractivity contribution in [2.24, 2.45) is 0 Å². The third kappa shape index (κ3) is 4.30. The Kier molecular flexibility index (Phi) is 5.70. The zero-order chi connectivity index (χ0) is 20.9. The molecule has 6 nitrogen and oxygen atoms in total. The largest absolute Gasteiger partial charge is 0.336 e. The number of aromatic nitrogens is 2. The van der Waals surface area contributed by atoms with Gasteiger partial charge in [-0.05, 0) is 30.3 Å². The molecule has 0 spiro atoms. The molecular weight excluding hydrogens is 383 g/mol. The highest BCUT2D eigenvalue weighted by molar-refractivity contribution is 5.95. The van der Waals surface area contributed by atoms with Crippen LogP contribution in [0.5, 0.6) is 0 Å². The highest BCUT2D eigenvalue weighted by Crippen LogP contribution is 2.13. The molecule has 1 aliphatic rings. The van der Waals surface area contributed by atoms with Crippen molar-refractivity contribution in [3.63, 3.8) is 0 Å². The maximum absolute atomic E-state index is 13.8. The summed E-state index contributed by atoms with van der Waals surface area (Å²) >= 11 is 0. The van der Waals surface area contributed by atoms with Gasteiger partial charge in [0.1, 0.15) is 5.82 Å². The van der Waals surface area contributed by atoms with E-state index in [2.05, 4.69) is 5.10 Å². The van der Waals surface area contributed by atoms with Crippen LogP contribution in [0.1, 0.15) is 15.9 Å². The average Bonchev–Trinajstić information content (AvgIpc) is 3.27. The Labute approximate surface area is 173 Å². The maximum atomic E-state index is 13.8. The number of piperazine rings is 1. The summed E-state index contributed by atoms with van der Waals surface area (Å²) in [5.74, 6) is -0.996. The molecule has 0 radical (unpaired) electrons. The first kappa shape index (κ1) is 19.6. The minimum absolute atomic E-state index is 0.0626. The monoisotopic (exact) mass is 404 g/mol. The Morgan fingerprint density at radius 1 is 0.900 bits per heavy atom. The summed E-state index contributed by atoms with van der Waals surface area (Å²) in [6, 6.07) is 15.7. The van der Waals surface area contributed by atoms with Crippen LogP contribution in [0.3, 0.4) is 0 Å². The van der Waals surface area contributed by atoms with Crippen molar-refractivity contribution in [1.29, 1.82) is 0 Å². The van der Waals surface area contributed by atoms with Gasteiger partial charge in [0.25, 0.3) is 5.91 Å². The molecule has 7 heteroatoms. The second kappa shape index (κ2) is 8.73. The van der Waals surface area contributed by atoms with Crippen LogP contribution in [0.4, 0.5) is 4.39 Å². The predicted molar refractivity (Wildman–Crippen MR) is 111 cm³/mol. The Morgan fingerprint density at radius 2 is 1.57 bits per heavy atom. The third-order valence-corrected chi connectivity index (χ3v) is 5.02. The van der Waals surface area contributed by atoms with E-state index in [1.807, 2.05) is 36.5 Å². The van der Waals surface area contributed by atoms with E-state index in [0.717, 1.165) is 11.3 Å². The number of carbonyl (C=O) groups is 2. The predicted octanol–water partition coefficient (Wildman–Crippen LogP) is 3.01. The highest BCUT2D eigenvalue weighted by atomic mass is 19.1. The number of carbonyl (C=O) groups excluding carboxylic acids is 2. The molecule has 2 heterocycles. The molecule has 3 aromatic rings. The number of hydrogen-bond donors (Lipinski definition) is 0. The molecule has 2 aromatic carbocycles. The summed E-state index contributed by atoms with van der Waals surface area (Å²) in [5, 5.41) is 4.31. The average molecular weight is 404 g/mol. The van der Waals surface area contributed by atoms with Gasteiger partial charge in [0.05, 0.1) is 17.4 Å². The number of benzene rings is 2. The van der Waals surface area contributed by atoms with Crippen LogP contribution in [0, 0.1) is 5.82 Å². The SMILES string of the molecule is O=C(/C=C/c1cnn(-c2ccccc2)c1)N1CCN(C(=O)c2ccccc2F)CC1. The molecule has 4 rings (SSSR count). The van der Waals surface area contributed by atoms with Crippen LogP contribution in [-0.4, -0.2) is 57.6 Å². The van der Waals surface area contributed by atoms with E-state index in [1.165, 1.54) is 18.2 Å². The lowest BCUT2D eigenvalue weighted by Crippen LogP contribution is -2.50. The summed E-state index contributed by atoms with van der Waals surface area (Å²) in [7, 11) is 0. The zero-order valence-corrected chi connectivity index (χ0v) is 16.3. The van der Waals surface area contributed by atoms with E-state index in [9.17, 15) is 14.0 Å². The molecule has 1 aliphatic heterocycles. The van der Waals surface area contributed by atoms with Gasteiger partial charge in [0.15, 0.2) is 0 Å². The minimum Gasteiger partial charge on any atom is -0.336 e. The van der Waals surface area contributed by atoms with Gasteiger partial charge in [0.2, 0.25) is 5.91 Å². The van der Waals surface area contributed by atoms with Gasteiger partial charge in [0, 0.05) is 44.0 Å². The van der Waals surface area contributed by atoms with Crippen molar-refractivity contribution in [1.82, 2.24) is 19.6 Å². The minimum atomic E-state index is -0.528. The second-order valence-corrected chi connectivity index (χ2v) is 6.98. The van der Waals surface area contributed by atoms with Crippen molar-refractivity contribution in [2.75, 3.05) is 26.2 Å². The van der Waals surface area contributed by atoms with Gasteiger partial charge < -0.3 is 9.80 Å². The first-order valence-electron chi connectivity index (χ1n) is 9.73. The Balaban J connectivity index is 1.33. The summed E-state index contributed by atoms with van der Waals surface area (Å²) in [6.07, 6.45) is 6.79. The lowest BCUT2D eigenvalue weighted by molar-refractivity contribution is -0.127. The molecule has 0 bridgehead atoms. The van der Waals surface area contributed by atoms with E-state index in [0.29, 0.717) is 26.2 Å². The number of amides is 2. The molecule has 0 saturated carbocycles. The topological polar surface area (TPSA) is 58.4 Å². The first-order chi connectivity index (χ1) is 14.6. The van der Waals surface area contributed by atoms with Gasteiger partial charge >= 0.3 is 0 Å². The van der Waals surface area contributed by atoms with Crippen LogP contribution in [0.15, 0.2) is 73.1 Å². The molecule has 1 fully saturated rings. The van der Waals surface area contributed by atoms with Crippen molar-refractivity contribution < 1.29 is 14.0 Å². The molecule has 0 aliphatic carbocycles. The summed E-state index contributed by atoms with van der Waals surface area (Å²) in [6.45, 7) is 1.57. The van der Waals surface area contributed by atoms with Gasteiger partial charge in [-0.15, -0.1) is 0 Å². The fourth-order valence-electron chi connectivity index (χ4n) is 3.35. The van der Waals surface area contributed by atoms with Crippen molar-refractivity contribution in [2.45, 2.75) is 0 Å². The molecule has 0 unspecified atom stereocenters. The van der Waals surface area contributed by atoms with E-state index in [4.69, 9.17) is 0 Å². The summed E-state index contributed by atoms with van der Waals surface area (Å²) in [5.41, 5.74) is 1.83. The Bertz CT molecular complexity index is 1070. The molecule has 0 atom stereocenters. The molecule has 1 aromatic heterocycles. The first-order valence-corrected chi connectivity index (χ1v) is 9.73. The normalized spacial score (nSPS) is 14.3. The molecular formula is C23H21FN4O2. The van der Waals surface area contributed by atoms with E-state index >= 15 is 0 Å². The Morgan fingerprint density at radius 3 is 2.30 bits per heavy atom. The van der Waals surface area contributed by atoms with Crippen molar-refractivity contribution in [3.8, 4) is 5.69 Å². The van der Waals surface area contributed by atoms with Gasteiger partial charge in [-0.1, -0.05) is 30.3 Å². The van der Waals surface area contributed by atoms with Gasteiger partial charge in [-0.2, -0.15) is 5.10 Å². The molecule has 2 amide bonds. The third-order valence-electron chi connectivity index (χ3n) is 5.02. The maximum Gasteiger partial charge on any atom is 0.256 e. The van der Waals surface area contributed by atoms with Crippen LogP contribution in [0.25, 0.3) is 11.8 Å². The van der Waals surface area contributed by atoms with Gasteiger partial charge in [-0.3, -0.25) is 9.59 Å². The van der Waals surface area contributed by atoms with E-state index in [1.54, 1.807) is 38.9 Å². The summed E-state index contributed by atoms with van der Waals surface area (Å²) < 4.78 is 15.6. The lowest BCUT2D eigenvalue weighted by Gasteiger charge is -2.34. The standard InChI is InChI=1S/C23H21FN4O2/c24-21-9-5-4-8-20(21)23(30)27-14-12-26(13-15-27)22(29)11-10-18-16-25-28(17-18)19-6-2-1-3-7-19/h1-11,16-17H,12-15H2/b11-10+. The molecule has 1 saturated heterocycles. The number of rotatable bonds is 4. The number of para-hydroxylation sites is 1. The quantitative estimate of drug-likeness (QED) is 0.628. The van der Waals surface area contributed by atoms with E-state index in [-0.39, 0.29) is 17.4 Å². The van der Waals surface area contributed by atoms with Crippen LogP contribution >= 0.6 is 0 Å². The number of hydrogen-bond acceptors (Lipinski definition) is 3. The van der Waals surface area contributed by atoms with Gasteiger partial charge in [-0.25, -0.2) is 9.07 Å². The molecule has 0 N–H and O–H groups in total. The van der Waals surface area contributed by atoms with Crippen molar-refractivity contribution >= 4 is 17.9 Å². The summed E-state index contributed by atoms with van der Waals surface area (Å²) in [4.78, 5) is 28.2. The highest BCUT2D eigenvalue weighted by Gasteiger charge is 2.25. The lowest BCUT2D eigenvalue weighted by atomic mass is 10.1. The second-order valence-electron chi connectivity index (χ2n) is 6.98. The molecule has 30 heavy (non-hydrogen) atoms.